The third-order valence-corrected chi connectivity index (χ3v) is 6.83. The van der Waals surface area contributed by atoms with E-state index in [2.05, 4.69) is 13.5 Å². The Balaban J connectivity index is 1.72. The largest absolute Gasteiger partial charge is 0.463 e. The fourth-order valence-electron chi connectivity index (χ4n) is 4.14. The van der Waals surface area contributed by atoms with Gasteiger partial charge in [-0.3, -0.25) is 0 Å². The molecular formula is C36H48O8. The van der Waals surface area contributed by atoms with Gasteiger partial charge in [0.25, 0.3) is 0 Å². The van der Waals surface area contributed by atoms with E-state index in [1.807, 2.05) is 25.1 Å². The van der Waals surface area contributed by atoms with Crippen LogP contribution in [0, 0.1) is 0 Å². The van der Waals surface area contributed by atoms with E-state index in [-0.39, 0.29) is 12.1 Å². The van der Waals surface area contributed by atoms with Gasteiger partial charge in [-0.2, -0.15) is 0 Å². The van der Waals surface area contributed by atoms with Crippen molar-refractivity contribution in [3.05, 3.63) is 96.1 Å². The molecule has 1 N–H and O–H groups in total. The minimum absolute atomic E-state index is 0.237. The SMILES string of the molecule is C=CC(=O)OCCCCCCCCCOC/C=C\C(=C/C(C)OC)C(O)Oc1ccc(C(=O)Oc2ccc(CC)cc2)cc1. The Morgan fingerprint density at radius 2 is 1.50 bits per heavy atom. The number of methoxy groups -OCH3 is 1. The highest BCUT2D eigenvalue weighted by Gasteiger charge is 2.14. The maximum atomic E-state index is 12.5. The summed E-state index contributed by atoms with van der Waals surface area (Å²) < 4.78 is 27.2. The number of carbonyl (C=O) groups is 2. The second-order valence-corrected chi connectivity index (χ2v) is 10.3. The highest BCUT2D eigenvalue weighted by atomic mass is 16.6. The van der Waals surface area contributed by atoms with Crippen LogP contribution in [0.3, 0.4) is 0 Å². The Hall–Kier alpha value is -3.72. The van der Waals surface area contributed by atoms with Crippen LogP contribution in [0.4, 0.5) is 0 Å². The number of carbonyl (C=O) groups excluding carboxylic acids is 2. The number of hydrogen-bond acceptors (Lipinski definition) is 8. The smallest absolute Gasteiger partial charge is 0.343 e. The van der Waals surface area contributed by atoms with E-state index in [9.17, 15) is 14.7 Å². The average molecular weight is 609 g/mol. The fraction of sp³-hybridized carbons (Fsp3) is 0.444. The number of unbranched alkanes of at least 4 members (excludes halogenated alkanes) is 6. The number of benzene rings is 2. The van der Waals surface area contributed by atoms with Crippen molar-refractivity contribution < 1.29 is 38.4 Å². The molecule has 0 spiro atoms. The van der Waals surface area contributed by atoms with E-state index in [0.29, 0.717) is 42.5 Å². The standard InChI is InChI=1S/C36H48O8/c1-5-29-16-20-32(21-17-29)43-35(38)30-18-22-33(23-19-30)44-36(39)31(27-28(3)40-4)15-14-25-41-24-12-10-8-7-9-11-13-26-42-34(37)6-2/h6,14-23,27-28,36,39H,2,5,7-13,24-26H2,1,3-4H3/b15-14-,31-27+. The zero-order valence-corrected chi connectivity index (χ0v) is 26.4. The van der Waals surface area contributed by atoms with Crippen molar-refractivity contribution in [3.63, 3.8) is 0 Å². The van der Waals surface area contributed by atoms with Gasteiger partial charge in [-0.05, 0) is 74.2 Å². The topological polar surface area (TPSA) is 101 Å². The molecule has 8 heteroatoms. The lowest BCUT2D eigenvalue weighted by molar-refractivity contribution is -0.137. The molecule has 0 aliphatic heterocycles. The minimum Gasteiger partial charge on any atom is -0.463 e. The number of esters is 2. The van der Waals surface area contributed by atoms with E-state index in [1.54, 1.807) is 55.7 Å². The first-order valence-electron chi connectivity index (χ1n) is 15.4. The van der Waals surface area contributed by atoms with E-state index in [1.165, 1.54) is 11.6 Å². The molecule has 2 atom stereocenters. The molecule has 2 unspecified atom stereocenters. The van der Waals surface area contributed by atoms with Crippen molar-refractivity contribution in [2.24, 2.45) is 0 Å². The molecule has 44 heavy (non-hydrogen) atoms. The van der Waals surface area contributed by atoms with Crippen molar-refractivity contribution in [2.75, 3.05) is 26.9 Å². The Morgan fingerprint density at radius 3 is 2.11 bits per heavy atom. The number of aliphatic hydroxyl groups excluding tert-OH is 1. The molecule has 240 valence electrons. The lowest BCUT2D eigenvalue weighted by Gasteiger charge is -2.16. The van der Waals surface area contributed by atoms with Crippen molar-refractivity contribution in [2.45, 2.75) is 77.6 Å². The lowest BCUT2D eigenvalue weighted by atomic mass is 10.1. The zero-order valence-electron chi connectivity index (χ0n) is 26.4. The van der Waals surface area contributed by atoms with Crippen LogP contribution in [0.2, 0.25) is 0 Å². The molecule has 0 aromatic heterocycles. The monoisotopic (exact) mass is 608 g/mol. The van der Waals surface area contributed by atoms with Crippen LogP contribution in [-0.2, 0) is 25.4 Å². The summed E-state index contributed by atoms with van der Waals surface area (Å²) in [5.41, 5.74) is 2.07. The summed E-state index contributed by atoms with van der Waals surface area (Å²) in [7, 11) is 1.59. The molecule has 0 fully saturated rings. The molecule has 0 saturated heterocycles. The molecule has 0 saturated carbocycles. The fourth-order valence-corrected chi connectivity index (χ4v) is 4.14. The molecular weight excluding hydrogens is 560 g/mol. The van der Waals surface area contributed by atoms with Gasteiger partial charge >= 0.3 is 11.9 Å². The van der Waals surface area contributed by atoms with E-state index in [4.69, 9.17) is 23.7 Å². The second kappa shape index (κ2) is 21.9. The third-order valence-electron chi connectivity index (χ3n) is 6.83. The molecule has 2 aromatic rings. The zero-order chi connectivity index (χ0) is 32.0. The van der Waals surface area contributed by atoms with Crippen molar-refractivity contribution in [1.82, 2.24) is 0 Å². The summed E-state index contributed by atoms with van der Waals surface area (Å²) in [4.78, 5) is 23.5. The third kappa shape index (κ3) is 15.1. The normalized spacial score (nSPS) is 13.0. The Labute approximate surface area is 262 Å². The molecule has 0 aliphatic rings. The maximum absolute atomic E-state index is 12.5. The van der Waals surface area contributed by atoms with E-state index in [0.717, 1.165) is 51.4 Å². The second-order valence-electron chi connectivity index (χ2n) is 10.3. The highest BCUT2D eigenvalue weighted by molar-refractivity contribution is 5.91. The van der Waals surface area contributed by atoms with E-state index >= 15 is 0 Å². The average Bonchev–Trinajstić information content (AvgIpc) is 3.04. The highest BCUT2D eigenvalue weighted by Crippen LogP contribution is 2.20. The van der Waals surface area contributed by atoms with Gasteiger partial charge in [0.2, 0.25) is 6.29 Å². The molecule has 0 amide bonds. The first-order chi connectivity index (χ1) is 21.4. The van der Waals surface area contributed by atoms with Gasteiger partial charge in [0.05, 0.1) is 24.9 Å². The molecule has 0 bridgehead atoms. The summed E-state index contributed by atoms with van der Waals surface area (Å²) in [6.45, 7) is 8.83. The van der Waals surface area contributed by atoms with Crippen LogP contribution < -0.4 is 9.47 Å². The maximum Gasteiger partial charge on any atom is 0.343 e. The molecule has 0 aliphatic carbocycles. The summed E-state index contributed by atoms with van der Waals surface area (Å²) in [5, 5.41) is 10.8. The number of rotatable bonds is 22. The number of hydrogen-bond donors (Lipinski definition) is 1. The molecule has 2 rings (SSSR count). The van der Waals surface area contributed by atoms with Gasteiger partial charge in [-0.15, -0.1) is 0 Å². The van der Waals surface area contributed by atoms with Gasteiger partial charge in [0, 0.05) is 25.4 Å². The van der Waals surface area contributed by atoms with Crippen LogP contribution in [0.5, 0.6) is 11.5 Å². The van der Waals surface area contributed by atoms with Crippen LogP contribution in [-0.4, -0.2) is 56.4 Å². The first-order valence-corrected chi connectivity index (χ1v) is 15.4. The van der Waals surface area contributed by atoms with Gasteiger partial charge < -0.3 is 28.8 Å². The predicted octanol–water partition coefficient (Wildman–Crippen LogP) is 7.16. The molecule has 8 nitrogen and oxygen atoms in total. The van der Waals surface area contributed by atoms with Gasteiger partial charge in [-0.1, -0.05) is 69.9 Å². The summed E-state index contributed by atoms with van der Waals surface area (Å²) in [6, 6.07) is 13.8. The van der Waals surface area contributed by atoms with Gasteiger partial charge in [0.1, 0.15) is 11.5 Å². The Bertz CT molecular complexity index is 1170. The molecule has 0 radical (unpaired) electrons. The van der Waals surface area contributed by atoms with Crippen LogP contribution >= 0.6 is 0 Å². The quantitative estimate of drug-likeness (QED) is 0.0375. The summed E-state index contributed by atoms with van der Waals surface area (Å²) in [5.74, 6) is 0.0469. The van der Waals surface area contributed by atoms with Gasteiger partial charge in [0.15, 0.2) is 0 Å². The van der Waals surface area contributed by atoms with Crippen molar-refractivity contribution in [1.29, 1.82) is 0 Å². The molecule has 2 aromatic carbocycles. The van der Waals surface area contributed by atoms with Crippen LogP contribution in [0.25, 0.3) is 0 Å². The number of aryl methyl sites for hydroxylation is 1. The number of aliphatic hydroxyl groups is 1. The van der Waals surface area contributed by atoms with Gasteiger partial charge in [-0.25, -0.2) is 9.59 Å². The lowest BCUT2D eigenvalue weighted by Crippen LogP contribution is -2.19. The first kappa shape index (κ1) is 36.5. The molecule has 0 heterocycles. The summed E-state index contributed by atoms with van der Waals surface area (Å²) >= 11 is 0. The number of ether oxygens (including phenoxy) is 5. The van der Waals surface area contributed by atoms with Crippen LogP contribution in [0.15, 0.2) is 85.0 Å². The van der Waals surface area contributed by atoms with Crippen LogP contribution in [0.1, 0.15) is 74.7 Å². The van der Waals surface area contributed by atoms with Crippen molar-refractivity contribution in [3.8, 4) is 11.5 Å². The predicted molar refractivity (Wildman–Crippen MR) is 172 cm³/mol. The van der Waals surface area contributed by atoms with Crippen molar-refractivity contribution >= 4 is 11.9 Å². The summed E-state index contributed by atoms with van der Waals surface area (Å²) in [6.07, 6.45) is 13.4. The Morgan fingerprint density at radius 1 is 0.886 bits per heavy atom. The Kier molecular flexibility index (Phi) is 18.1. The van der Waals surface area contributed by atoms with E-state index < -0.39 is 12.3 Å². The minimum atomic E-state index is -1.24.